The van der Waals surface area contributed by atoms with Crippen LogP contribution in [0.1, 0.15) is 32.1 Å². The molecule has 1 fully saturated rings. The Bertz CT molecular complexity index is 1030. The van der Waals surface area contributed by atoms with E-state index in [-0.39, 0.29) is 0 Å². The largest absolute Gasteiger partial charge is 0.424 e. The standard InChI is InChI=1S/C20H20N4O/c1-2-4-15(5-3-1)23-20-24-18-10-13(6-7-19(18)25-20)14-11-17-16(22-12-14)8-9-21-17/h6-12,15,21H,1-5H2,(H,23,24). The number of nitrogens with zero attached hydrogens (tertiary/aromatic N) is 2. The van der Waals surface area contributed by atoms with Gasteiger partial charge in [-0.25, -0.2) is 0 Å². The lowest BCUT2D eigenvalue weighted by Crippen LogP contribution is -2.22. The van der Waals surface area contributed by atoms with Crippen molar-refractivity contribution in [2.24, 2.45) is 0 Å². The Kier molecular flexibility index (Phi) is 3.44. The summed E-state index contributed by atoms with van der Waals surface area (Å²) < 4.78 is 5.88. The van der Waals surface area contributed by atoms with E-state index < -0.39 is 0 Å². The lowest BCUT2D eigenvalue weighted by Gasteiger charge is -2.21. The molecule has 4 aromatic rings. The Morgan fingerprint density at radius 1 is 1.00 bits per heavy atom. The summed E-state index contributed by atoms with van der Waals surface area (Å²) in [6.07, 6.45) is 10.1. The Labute approximate surface area is 145 Å². The summed E-state index contributed by atoms with van der Waals surface area (Å²) in [5.41, 5.74) is 5.87. The topological polar surface area (TPSA) is 66.7 Å². The smallest absolute Gasteiger partial charge is 0.295 e. The van der Waals surface area contributed by atoms with Gasteiger partial charge in [-0.1, -0.05) is 25.3 Å². The summed E-state index contributed by atoms with van der Waals surface area (Å²) in [6.45, 7) is 0. The number of benzene rings is 1. The van der Waals surface area contributed by atoms with Crippen LogP contribution in [0.5, 0.6) is 0 Å². The van der Waals surface area contributed by atoms with Crippen molar-refractivity contribution in [3.63, 3.8) is 0 Å². The number of rotatable bonds is 3. The summed E-state index contributed by atoms with van der Waals surface area (Å²) in [5, 5.41) is 3.46. The van der Waals surface area contributed by atoms with Gasteiger partial charge in [-0.2, -0.15) is 4.98 Å². The third-order valence-corrected chi connectivity index (χ3v) is 5.05. The second kappa shape index (κ2) is 5.92. The second-order valence-corrected chi connectivity index (χ2v) is 6.82. The molecule has 3 aromatic heterocycles. The Morgan fingerprint density at radius 2 is 1.92 bits per heavy atom. The minimum atomic E-state index is 0.487. The second-order valence-electron chi connectivity index (χ2n) is 6.82. The molecule has 5 heteroatoms. The summed E-state index contributed by atoms with van der Waals surface area (Å²) in [7, 11) is 0. The third kappa shape index (κ3) is 2.76. The molecule has 25 heavy (non-hydrogen) atoms. The van der Waals surface area contributed by atoms with Gasteiger partial charge < -0.3 is 14.7 Å². The minimum Gasteiger partial charge on any atom is -0.424 e. The molecule has 126 valence electrons. The average Bonchev–Trinajstić information content (AvgIpc) is 3.27. The van der Waals surface area contributed by atoms with Crippen LogP contribution >= 0.6 is 0 Å². The molecule has 0 spiro atoms. The number of nitrogens with one attached hydrogen (secondary N) is 2. The summed E-state index contributed by atoms with van der Waals surface area (Å²) in [6, 6.07) is 11.3. The van der Waals surface area contributed by atoms with E-state index in [1.165, 1.54) is 32.1 Å². The molecule has 0 saturated heterocycles. The summed E-state index contributed by atoms with van der Waals surface area (Å²) in [5.74, 6) is 0. The van der Waals surface area contributed by atoms with E-state index in [1.807, 2.05) is 24.5 Å². The molecule has 2 N–H and O–H groups in total. The molecular formula is C20H20N4O. The number of H-pyrrole nitrogens is 1. The third-order valence-electron chi connectivity index (χ3n) is 5.05. The molecular weight excluding hydrogens is 312 g/mol. The molecule has 5 rings (SSSR count). The predicted octanol–water partition coefficient (Wildman–Crippen LogP) is 5.12. The Balaban J connectivity index is 1.46. The number of hydrogen-bond donors (Lipinski definition) is 2. The number of aromatic nitrogens is 3. The maximum Gasteiger partial charge on any atom is 0.295 e. The van der Waals surface area contributed by atoms with E-state index in [0.717, 1.165) is 33.3 Å². The van der Waals surface area contributed by atoms with E-state index in [9.17, 15) is 0 Å². The number of hydrogen-bond acceptors (Lipinski definition) is 4. The maximum atomic E-state index is 5.88. The van der Waals surface area contributed by atoms with Gasteiger partial charge in [-0.15, -0.1) is 0 Å². The van der Waals surface area contributed by atoms with Crippen LogP contribution in [0.2, 0.25) is 0 Å². The number of fused-ring (bicyclic) bond motifs is 2. The van der Waals surface area contributed by atoms with Gasteiger partial charge in [0, 0.05) is 24.0 Å². The monoisotopic (exact) mass is 332 g/mol. The van der Waals surface area contributed by atoms with E-state index >= 15 is 0 Å². The number of oxazole rings is 1. The first-order valence-electron chi connectivity index (χ1n) is 8.96. The zero-order valence-corrected chi connectivity index (χ0v) is 14.0. The lowest BCUT2D eigenvalue weighted by molar-refractivity contribution is 0.451. The van der Waals surface area contributed by atoms with Crippen molar-refractivity contribution >= 4 is 28.1 Å². The van der Waals surface area contributed by atoms with Gasteiger partial charge in [-0.3, -0.25) is 4.98 Å². The highest BCUT2D eigenvalue weighted by atomic mass is 16.4. The molecule has 5 nitrogen and oxygen atoms in total. The van der Waals surface area contributed by atoms with Gasteiger partial charge in [0.05, 0.1) is 11.0 Å². The average molecular weight is 332 g/mol. The summed E-state index contributed by atoms with van der Waals surface area (Å²) >= 11 is 0. The molecule has 1 saturated carbocycles. The number of pyridine rings is 1. The molecule has 0 atom stereocenters. The Hall–Kier alpha value is -2.82. The van der Waals surface area contributed by atoms with Crippen molar-refractivity contribution < 1.29 is 4.42 Å². The fourth-order valence-corrected chi connectivity index (χ4v) is 3.68. The van der Waals surface area contributed by atoms with Crippen molar-refractivity contribution in [2.45, 2.75) is 38.1 Å². The van der Waals surface area contributed by atoms with Gasteiger partial charge in [-0.05, 0) is 42.7 Å². The van der Waals surface area contributed by atoms with Crippen LogP contribution in [0, 0.1) is 0 Å². The highest BCUT2D eigenvalue weighted by Crippen LogP contribution is 2.28. The fourth-order valence-electron chi connectivity index (χ4n) is 3.68. The molecule has 1 aromatic carbocycles. The molecule has 1 aliphatic carbocycles. The molecule has 0 radical (unpaired) electrons. The quantitative estimate of drug-likeness (QED) is 0.547. The van der Waals surface area contributed by atoms with Crippen LogP contribution in [0.15, 0.2) is 47.1 Å². The van der Waals surface area contributed by atoms with Crippen LogP contribution in [0.25, 0.3) is 33.3 Å². The van der Waals surface area contributed by atoms with E-state index in [0.29, 0.717) is 12.1 Å². The summed E-state index contributed by atoms with van der Waals surface area (Å²) in [4.78, 5) is 12.3. The van der Waals surface area contributed by atoms with E-state index in [1.54, 1.807) is 0 Å². The first-order valence-corrected chi connectivity index (χ1v) is 8.96. The first kappa shape index (κ1) is 14.5. The van der Waals surface area contributed by atoms with Gasteiger partial charge in [0.25, 0.3) is 6.01 Å². The van der Waals surface area contributed by atoms with E-state index in [2.05, 4.69) is 38.5 Å². The van der Waals surface area contributed by atoms with Gasteiger partial charge in [0.1, 0.15) is 5.52 Å². The van der Waals surface area contributed by atoms with Crippen LogP contribution in [0.4, 0.5) is 6.01 Å². The predicted molar refractivity (Wildman–Crippen MR) is 99.6 cm³/mol. The highest BCUT2D eigenvalue weighted by Gasteiger charge is 2.16. The molecule has 1 aliphatic rings. The van der Waals surface area contributed by atoms with E-state index in [4.69, 9.17) is 4.42 Å². The van der Waals surface area contributed by atoms with Crippen LogP contribution in [0.3, 0.4) is 0 Å². The van der Waals surface area contributed by atoms with Crippen molar-refractivity contribution in [1.82, 2.24) is 15.0 Å². The SMILES string of the molecule is c1cc2ncc(-c3ccc4oc(NC5CCCCC5)nc4c3)cc2[nH]1. The number of aromatic amines is 1. The highest BCUT2D eigenvalue weighted by molar-refractivity contribution is 5.85. The fraction of sp³-hybridized carbons (Fsp3) is 0.300. The van der Waals surface area contributed by atoms with Crippen LogP contribution in [-0.4, -0.2) is 21.0 Å². The minimum absolute atomic E-state index is 0.487. The van der Waals surface area contributed by atoms with Gasteiger partial charge in [0.2, 0.25) is 0 Å². The van der Waals surface area contributed by atoms with Gasteiger partial charge >= 0.3 is 0 Å². The normalized spacial score (nSPS) is 15.8. The maximum absolute atomic E-state index is 5.88. The molecule has 3 heterocycles. The molecule has 0 unspecified atom stereocenters. The zero-order valence-electron chi connectivity index (χ0n) is 14.0. The molecule has 0 bridgehead atoms. The number of anilines is 1. The lowest BCUT2D eigenvalue weighted by atomic mass is 9.96. The Morgan fingerprint density at radius 3 is 2.84 bits per heavy atom. The zero-order chi connectivity index (χ0) is 16.6. The van der Waals surface area contributed by atoms with Crippen molar-refractivity contribution in [1.29, 1.82) is 0 Å². The van der Waals surface area contributed by atoms with Crippen molar-refractivity contribution in [3.8, 4) is 11.1 Å². The molecule has 0 aliphatic heterocycles. The van der Waals surface area contributed by atoms with Crippen LogP contribution in [-0.2, 0) is 0 Å². The van der Waals surface area contributed by atoms with Crippen molar-refractivity contribution in [3.05, 3.63) is 42.7 Å². The first-order chi connectivity index (χ1) is 12.3. The molecule has 0 amide bonds. The van der Waals surface area contributed by atoms with Crippen molar-refractivity contribution in [2.75, 3.05) is 5.32 Å². The van der Waals surface area contributed by atoms with Crippen LogP contribution < -0.4 is 5.32 Å². The van der Waals surface area contributed by atoms with Gasteiger partial charge in [0.15, 0.2) is 5.58 Å².